The third-order valence-electron chi connectivity index (χ3n) is 1.99. The van der Waals surface area contributed by atoms with E-state index in [0.29, 0.717) is 11.3 Å². The van der Waals surface area contributed by atoms with E-state index in [0.717, 1.165) is 0 Å². The smallest absolute Gasteiger partial charge is 0.282 e. The topological polar surface area (TPSA) is 120 Å². The van der Waals surface area contributed by atoms with E-state index in [1.807, 2.05) is 0 Å². The fourth-order valence-electron chi connectivity index (χ4n) is 1.11. The summed E-state index contributed by atoms with van der Waals surface area (Å²) in [6.45, 7) is 0. The summed E-state index contributed by atoms with van der Waals surface area (Å²) in [6.07, 6.45) is 0. The highest BCUT2D eigenvalue weighted by atomic mass is 16.2. The number of nitrogens with two attached hydrogens (primary N) is 1. The average Bonchev–Trinajstić information content (AvgIpc) is 2.39. The molecule has 0 aromatic heterocycles. The summed E-state index contributed by atoms with van der Waals surface area (Å²) in [5, 5.41) is 14.6. The van der Waals surface area contributed by atoms with Crippen LogP contribution in [-0.2, 0) is 4.79 Å². The van der Waals surface area contributed by atoms with E-state index in [2.05, 4.69) is 15.8 Å². The zero-order valence-corrected chi connectivity index (χ0v) is 9.60. The van der Waals surface area contributed by atoms with Gasteiger partial charge in [-0.05, 0) is 18.2 Å². The van der Waals surface area contributed by atoms with Crippen molar-refractivity contribution in [2.24, 2.45) is 10.8 Å². The van der Waals surface area contributed by atoms with Gasteiger partial charge in [-0.15, -0.1) is 0 Å². The molecular weight excluding hydrogens is 234 g/mol. The van der Waals surface area contributed by atoms with E-state index in [1.54, 1.807) is 24.3 Å². The monoisotopic (exact) mass is 245 g/mol. The van der Waals surface area contributed by atoms with Crippen molar-refractivity contribution in [1.29, 1.82) is 5.26 Å². The van der Waals surface area contributed by atoms with Crippen LogP contribution in [-0.4, -0.2) is 24.6 Å². The van der Waals surface area contributed by atoms with E-state index in [4.69, 9.17) is 11.0 Å². The Morgan fingerprint density at radius 3 is 2.72 bits per heavy atom. The zero-order chi connectivity index (χ0) is 13.5. The van der Waals surface area contributed by atoms with Crippen LogP contribution >= 0.6 is 0 Å². The third kappa shape index (κ3) is 3.31. The van der Waals surface area contributed by atoms with Crippen molar-refractivity contribution in [3.8, 4) is 6.07 Å². The van der Waals surface area contributed by atoms with Crippen molar-refractivity contribution in [1.82, 2.24) is 5.32 Å². The van der Waals surface area contributed by atoms with Crippen LogP contribution in [0.2, 0.25) is 0 Å². The molecule has 0 aliphatic rings. The number of hydrogen-bond donors (Lipinski definition) is 3. The fraction of sp³-hybridized carbons (Fsp3) is 0.0909. The summed E-state index contributed by atoms with van der Waals surface area (Å²) in [7, 11) is 1.39. The average molecular weight is 245 g/mol. The summed E-state index contributed by atoms with van der Waals surface area (Å²) in [5.74, 6) is -1.18. The molecule has 0 saturated carbocycles. The Balaban J connectivity index is 2.89. The molecule has 7 heteroatoms. The number of nitriles is 1. The van der Waals surface area contributed by atoms with E-state index < -0.39 is 11.8 Å². The summed E-state index contributed by atoms with van der Waals surface area (Å²) in [5.41, 5.74) is 8.05. The maximum Gasteiger partial charge on any atom is 0.282 e. The van der Waals surface area contributed by atoms with Crippen molar-refractivity contribution in [3.05, 3.63) is 29.8 Å². The molecule has 0 aliphatic heterocycles. The number of hydrazone groups is 1. The van der Waals surface area contributed by atoms with Crippen molar-refractivity contribution < 1.29 is 9.59 Å². The molecule has 1 aromatic carbocycles. The van der Waals surface area contributed by atoms with Crippen LogP contribution in [0, 0.1) is 11.3 Å². The Labute approximate surface area is 103 Å². The van der Waals surface area contributed by atoms with Gasteiger partial charge in [0.05, 0.1) is 5.69 Å². The van der Waals surface area contributed by atoms with Crippen molar-refractivity contribution in [2.45, 2.75) is 0 Å². The van der Waals surface area contributed by atoms with Gasteiger partial charge < -0.3 is 11.1 Å². The molecule has 0 radical (unpaired) electrons. The number of anilines is 1. The number of primary amides is 1. The molecule has 92 valence electrons. The van der Waals surface area contributed by atoms with Gasteiger partial charge in [0.25, 0.3) is 5.91 Å². The predicted octanol–water partition coefficient (Wildman–Crippen LogP) is -0.177. The molecule has 0 heterocycles. The van der Waals surface area contributed by atoms with Crippen LogP contribution in [0.4, 0.5) is 5.69 Å². The lowest BCUT2D eigenvalue weighted by Crippen LogP contribution is -2.27. The number of carbonyl (C=O) groups is 2. The quantitative estimate of drug-likeness (QED) is 0.503. The first-order valence-corrected chi connectivity index (χ1v) is 4.94. The van der Waals surface area contributed by atoms with Gasteiger partial charge in [0.1, 0.15) is 6.07 Å². The van der Waals surface area contributed by atoms with Crippen LogP contribution < -0.4 is 16.5 Å². The fourth-order valence-corrected chi connectivity index (χ4v) is 1.11. The molecule has 0 spiro atoms. The Morgan fingerprint density at radius 1 is 1.44 bits per heavy atom. The molecule has 1 aromatic rings. The van der Waals surface area contributed by atoms with Gasteiger partial charge in [-0.25, -0.2) is 0 Å². The van der Waals surface area contributed by atoms with Crippen LogP contribution in [0.1, 0.15) is 10.4 Å². The molecule has 7 nitrogen and oxygen atoms in total. The lowest BCUT2D eigenvalue weighted by molar-refractivity contribution is -0.114. The summed E-state index contributed by atoms with van der Waals surface area (Å²) >= 11 is 0. The SMILES string of the molecule is CNC(=O)/C(C#N)=N\Nc1cccc(C(N)=O)c1. The summed E-state index contributed by atoms with van der Waals surface area (Å²) in [4.78, 5) is 22.1. The van der Waals surface area contributed by atoms with Crippen molar-refractivity contribution in [3.63, 3.8) is 0 Å². The molecular formula is C11H11N5O2. The number of nitrogens with one attached hydrogen (secondary N) is 2. The number of hydrogen-bond acceptors (Lipinski definition) is 5. The van der Waals surface area contributed by atoms with Gasteiger partial charge in [-0.2, -0.15) is 10.4 Å². The molecule has 1 rings (SSSR count). The number of amides is 2. The number of benzene rings is 1. The normalized spacial score (nSPS) is 10.3. The van der Waals surface area contributed by atoms with E-state index in [1.165, 1.54) is 13.1 Å². The molecule has 0 atom stereocenters. The summed E-state index contributed by atoms with van der Waals surface area (Å²) < 4.78 is 0. The molecule has 0 bridgehead atoms. The highest BCUT2D eigenvalue weighted by Gasteiger charge is 2.08. The number of nitrogens with zero attached hydrogens (tertiary/aromatic N) is 2. The first kappa shape index (κ1) is 13.2. The highest BCUT2D eigenvalue weighted by molar-refractivity contribution is 6.45. The van der Waals surface area contributed by atoms with Gasteiger partial charge in [0.2, 0.25) is 11.6 Å². The highest BCUT2D eigenvalue weighted by Crippen LogP contribution is 2.09. The zero-order valence-electron chi connectivity index (χ0n) is 9.60. The minimum atomic E-state index is -0.601. The van der Waals surface area contributed by atoms with Crippen LogP contribution in [0.25, 0.3) is 0 Å². The second-order valence-corrected chi connectivity index (χ2v) is 3.21. The molecule has 2 amide bonds. The molecule has 4 N–H and O–H groups in total. The number of carbonyl (C=O) groups excluding carboxylic acids is 2. The molecule has 0 fully saturated rings. The van der Waals surface area contributed by atoms with Gasteiger partial charge in [-0.1, -0.05) is 6.07 Å². The van der Waals surface area contributed by atoms with Gasteiger partial charge in [0, 0.05) is 12.6 Å². The minimum Gasteiger partial charge on any atom is -0.366 e. The molecule has 0 saturated heterocycles. The second kappa shape index (κ2) is 6.00. The lowest BCUT2D eigenvalue weighted by Gasteiger charge is -2.02. The third-order valence-corrected chi connectivity index (χ3v) is 1.99. The van der Waals surface area contributed by atoms with E-state index in [-0.39, 0.29) is 5.71 Å². The van der Waals surface area contributed by atoms with Crippen molar-refractivity contribution >= 4 is 23.2 Å². The van der Waals surface area contributed by atoms with Gasteiger partial charge >= 0.3 is 0 Å². The van der Waals surface area contributed by atoms with Crippen LogP contribution in [0.15, 0.2) is 29.4 Å². The number of rotatable bonds is 4. The Morgan fingerprint density at radius 2 is 2.17 bits per heavy atom. The Bertz CT molecular complexity index is 545. The van der Waals surface area contributed by atoms with E-state index in [9.17, 15) is 9.59 Å². The molecule has 18 heavy (non-hydrogen) atoms. The molecule has 0 aliphatic carbocycles. The standard InChI is InChI=1S/C11H11N5O2/c1-14-11(18)9(6-12)16-15-8-4-2-3-7(5-8)10(13)17/h2-5,15H,1H3,(H2,13,17)(H,14,18)/b16-9-. The van der Waals surface area contributed by atoms with Crippen molar-refractivity contribution in [2.75, 3.05) is 12.5 Å². The first-order valence-electron chi connectivity index (χ1n) is 4.94. The van der Waals surface area contributed by atoms with E-state index >= 15 is 0 Å². The molecule has 0 unspecified atom stereocenters. The summed E-state index contributed by atoms with van der Waals surface area (Å²) in [6, 6.07) is 7.87. The predicted molar refractivity (Wildman–Crippen MR) is 65.7 cm³/mol. The van der Waals surface area contributed by atoms with Gasteiger partial charge in [-0.3, -0.25) is 15.0 Å². The Kier molecular flexibility index (Phi) is 4.40. The first-order chi connectivity index (χ1) is 8.58. The Hall–Kier alpha value is -2.88. The minimum absolute atomic E-state index is 0.300. The largest absolute Gasteiger partial charge is 0.366 e. The maximum absolute atomic E-state index is 11.2. The van der Waals surface area contributed by atoms with Gasteiger partial charge in [0.15, 0.2) is 0 Å². The maximum atomic E-state index is 11.2. The van der Waals surface area contributed by atoms with Crippen LogP contribution in [0.5, 0.6) is 0 Å². The lowest BCUT2D eigenvalue weighted by atomic mass is 10.2. The second-order valence-electron chi connectivity index (χ2n) is 3.21. The van der Waals surface area contributed by atoms with Crippen LogP contribution in [0.3, 0.4) is 0 Å².